The van der Waals surface area contributed by atoms with Gasteiger partial charge in [-0.2, -0.15) is 0 Å². The number of anilines is 2. The molecule has 44 heavy (non-hydrogen) atoms. The standard InChI is InChI=1S/C22H47N3O.C12H20N2O4/c1-2-3-4-5-6-7-8-9-10-11-12-13-14-17-20-25-22(26)21(24)18-15-16-19-23;13-9-7-11(17-5-1-3-15)12(8-10(9)14)18-6-2-4-16/h21H,2-20,23-24H2,1H3,(H,25,26);7-8,15-16H,1-6,13-14H2/t21-;/m0./s1. The zero-order chi connectivity index (χ0) is 32.7. The van der Waals surface area contributed by atoms with Crippen molar-refractivity contribution in [2.45, 2.75) is 135 Å². The fraction of sp³-hybridized carbons (Fsp3) is 0.794. The van der Waals surface area contributed by atoms with E-state index >= 15 is 0 Å². The van der Waals surface area contributed by atoms with Crippen molar-refractivity contribution in [1.29, 1.82) is 0 Å². The number of carbonyl (C=O) groups is 1. The number of hydrogen-bond donors (Lipinski definition) is 7. The number of ether oxygens (including phenoxy) is 2. The Labute approximate surface area is 268 Å². The van der Waals surface area contributed by atoms with E-state index in [-0.39, 0.29) is 25.2 Å². The van der Waals surface area contributed by atoms with Gasteiger partial charge in [0.25, 0.3) is 0 Å². The van der Waals surface area contributed by atoms with Crippen LogP contribution < -0.4 is 37.7 Å². The molecule has 0 aliphatic carbocycles. The molecule has 0 saturated heterocycles. The van der Waals surface area contributed by atoms with Crippen LogP contribution in [0.4, 0.5) is 11.4 Å². The number of carbonyl (C=O) groups excluding carboxylic acids is 1. The van der Waals surface area contributed by atoms with E-state index in [0.29, 0.717) is 55.5 Å². The van der Waals surface area contributed by atoms with Crippen LogP contribution in [0.1, 0.15) is 129 Å². The van der Waals surface area contributed by atoms with Gasteiger partial charge in [0.2, 0.25) is 5.91 Å². The van der Waals surface area contributed by atoms with Crippen LogP contribution in [0.3, 0.4) is 0 Å². The average molecular weight is 626 g/mol. The predicted octanol–water partition coefficient (Wildman–Crippen LogP) is 5.41. The number of nitrogens with one attached hydrogen (secondary N) is 1. The second kappa shape index (κ2) is 30.7. The Bertz CT molecular complexity index is 765. The summed E-state index contributed by atoms with van der Waals surface area (Å²) in [4.78, 5) is 11.8. The smallest absolute Gasteiger partial charge is 0.236 e. The number of benzene rings is 1. The van der Waals surface area contributed by atoms with Crippen LogP contribution in [0.2, 0.25) is 0 Å². The van der Waals surface area contributed by atoms with Crippen LogP contribution in [0.15, 0.2) is 12.1 Å². The molecule has 1 atom stereocenters. The van der Waals surface area contributed by atoms with Gasteiger partial charge < -0.3 is 47.9 Å². The minimum absolute atomic E-state index is 0.00304. The molecular weight excluding hydrogens is 558 g/mol. The Morgan fingerprint density at radius 2 is 1.14 bits per heavy atom. The van der Waals surface area contributed by atoms with E-state index in [1.807, 2.05) is 0 Å². The fourth-order valence-electron chi connectivity index (χ4n) is 4.61. The molecule has 0 unspecified atom stereocenters. The van der Waals surface area contributed by atoms with Gasteiger partial charge in [0, 0.05) is 44.7 Å². The molecule has 11 N–H and O–H groups in total. The molecule has 1 amide bonds. The van der Waals surface area contributed by atoms with Crippen molar-refractivity contribution in [2.24, 2.45) is 11.5 Å². The monoisotopic (exact) mass is 626 g/mol. The number of hydrogen-bond acceptors (Lipinski definition) is 9. The van der Waals surface area contributed by atoms with E-state index in [9.17, 15) is 4.79 Å². The van der Waals surface area contributed by atoms with E-state index < -0.39 is 0 Å². The summed E-state index contributed by atoms with van der Waals surface area (Å²) in [5, 5.41) is 20.4. The van der Waals surface area contributed by atoms with Gasteiger partial charge in [-0.25, -0.2) is 0 Å². The lowest BCUT2D eigenvalue weighted by molar-refractivity contribution is -0.122. The first kappa shape index (κ1) is 41.7. The van der Waals surface area contributed by atoms with Crippen molar-refractivity contribution in [3.05, 3.63) is 12.1 Å². The third kappa shape index (κ3) is 24.1. The zero-order valence-electron chi connectivity index (χ0n) is 27.8. The summed E-state index contributed by atoms with van der Waals surface area (Å²) in [7, 11) is 0. The lowest BCUT2D eigenvalue weighted by Gasteiger charge is -2.14. The molecule has 0 spiro atoms. The van der Waals surface area contributed by atoms with Crippen LogP contribution in [0.25, 0.3) is 0 Å². The van der Waals surface area contributed by atoms with Crippen molar-refractivity contribution in [3.63, 3.8) is 0 Å². The van der Waals surface area contributed by atoms with Gasteiger partial charge >= 0.3 is 0 Å². The third-order valence-corrected chi connectivity index (χ3v) is 7.40. The lowest BCUT2D eigenvalue weighted by Crippen LogP contribution is -2.40. The van der Waals surface area contributed by atoms with Crippen molar-refractivity contribution in [2.75, 3.05) is 51.0 Å². The molecule has 0 saturated carbocycles. The highest BCUT2D eigenvalue weighted by atomic mass is 16.5. The molecule has 1 aromatic carbocycles. The van der Waals surface area contributed by atoms with Crippen molar-refractivity contribution in [1.82, 2.24) is 5.32 Å². The molecule has 10 nitrogen and oxygen atoms in total. The van der Waals surface area contributed by atoms with E-state index in [1.165, 1.54) is 83.5 Å². The molecule has 0 bridgehead atoms. The fourth-order valence-corrected chi connectivity index (χ4v) is 4.61. The normalized spacial score (nSPS) is 11.5. The van der Waals surface area contributed by atoms with Crippen LogP contribution in [0.5, 0.6) is 11.5 Å². The topological polar surface area (TPSA) is 192 Å². The highest BCUT2D eigenvalue weighted by molar-refractivity contribution is 5.81. The average Bonchev–Trinajstić information content (AvgIpc) is 3.01. The van der Waals surface area contributed by atoms with E-state index in [1.54, 1.807) is 12.1 Å². The minimum Gasteiger partial charge on any atom is -0.490 e. The molecule has 10 heteroatoms. The first-order valence-electron chi connectivity index (χ1n) is 17.3. The molecule has 0 aromatic heterocycles. The maximum Gasteiger partial charge on any atom is 0.236 e. The maximum absolute atomic E-state index is 11.8. The van der Waals surface area contributed by atoms with Crippen molar-refractivity contribution >= 4 is 17.3 Å². The molecule has 0 radical (unpaired) electrons. The van der Waals surface area contributed by atoms with Gasteiger partial charge in [-0.1, -0.05) is 96.8 Å². The number of rotatable bonds is 28. The summed E-state index contributed by atoms with van der Waals surface area (Å²) in [5.41, 5.74) is 23.6. The summed E-state index contributed by atoms with van der Waals surface area (Å²) in [6.45, 7) is 4.58. The van der Waals surface area contributed by atoms with Gasteiger partial charge in [0.15, 0.2) is 11.5 Å². The Balaban J connectivity index is 0.000000895. The maximum atomic E-state index is 11.8. The largest absolute Gasteiger partial charge is 0.490 e. The number of nitrogens with two attached hydrogens (primary N) is 4. The highest BCUT2D eigenvalue weighted by Gasteiger charge is 2.12. The minimum atomic E-state index is -0.367. The van der Waals surface area contributed by atoms with Gasteiger partial charge in [-0.15, -0.1) is 0 Å². The van der Waals surface area contributed by atoms with Gasteiger partial charge in [-0.3, -0.25) is 4.79 Å². The summed E-state index contributed by atoms with van der Waals surface area (Å²) in [6, 6.07) is 2.83. The van der Waals surface area contributed by atoms with E-state index in [4.69, 9.17) is 42.6 Å². The predicted molar refractivity (Wildman–Crippen MR) is 184 cm³/mol. The van der Waals surface area contributed by atoms with Crippen molar-refractivity contribution < 1.29 is 24.5 Å². The third-order valence-electron chi connectivity index (χ3n) is 7.40. The number of nitrogen functional groups attached to an aromatic ring is 2. The Morgan fingerprint density at radius 1 is 0.705 bits per heavy atom. The molecule has 0 aliphatic heterocycles. The molecule has 0 fully saturated rings. The molecule has 0 aliphatic rings. The second-order valence-corrected chi connectivity index (χ2v) is 11.6. The summed E-state index contributed by atoms with van der Waals surface area (Å²) in [6.07, 6.45) is 22.6. The first-order chi connectivity index (χ1) is 21.4. The first-order valence-corrected chi connectivity index (χ1v) is 17.3. The van der Waals surface area contributed by atoms with Gasteiger partial charge in [0.05, 0.1) is 30.6 Å². The summed E-state index contributed by atoms with van der Waals surface area (Å²) >= 11 is 0. The zero-order valence-corrected chi connectivity index (χ0v) is 27.8. The van der Waals surface area contributed by atoms with Crippen LogP contribution in [-0.2, 0) is 4.79 Å². The van der Waals surface area contributed by atoms with Crippen LogP contribution in [-0.4, -0.2) is 61.7 Å². The Hall–Kier alpha value is -2.27. The molecule has 258 valence electrons. The van der Waals surface area contributed by atoms with Crippen molar-refractivity contribution in [3.8, 4) is 11.5 Å². The Kier molecular flexibility index (Phi) is 29.2. The molecule has 1 rings (SSSR count). The molecule has 1 aromatic rings. The Morgan fingerprint density at radius 3 is 1.55 bits per heavy atom. The lowest BCUT2D eigenvalue weighted by atomic mass is 10.0. The van der Waals surface area contributed by atoms with Crippen LogP contribution in [0, 0.1) is 0 Å². The second-order valence-electron chi connectivity index (χ2n) is 11.6. The highest BCUT2D eigenvalue weighted by Crippen LogP contribution is 2.34. The quantitative estimate of drug-likeness (QED) is 0.0471. The van der Waals surface area contributed by atoms with E-state index in [2.05, 4.69) is 12.2 Å². The van der Waals surface area contributed by atoms with E-state index in [0.717, 1.165) is 32.2 Å². The number of aliphatic hydroxyl groups excluding tert-OH is 2. The van der Waals surface area contributed by atoms with Gasteiger partial charge in [-0.05, 0) is 25.8 Å². The molecule has 0 heterocycles. The number of amides is 1. The van der Waals surface area contributed by atoms with Crippen LogP contribution >= 0.6 is 0 Å². The SMILES string of the molecule is CCCCCCCCCCCCCCCCNC(=O)[C@@H](N)CCCCN.Nc1cc(OCCCO)c(OCCCO)cc1N. The number of aliphatic hydroxyl groups is 2. The summed E-state index contributed by atoms with van der Waals surface area (Å²) in [5.74, 6) is 0.984. The van der Waals surface area contributed by atoms with Gasteiger partial charge in [0.1, 0.15) is 0 Å². The number of unbranched alkanes of at least 4 members (excludes halogenated alkanes) is 14. The summed E-state index contributed by atoms with van der Waals surface area (Å²) < 4.78 is 10.9. The molecular formula is C34H67N5O5.